The van der Waals surface area contributed by atoms with Gasteiger partial charge < -0.3 is 19.3 Å². The highest BCUT2D eigenvalue weighted by molar-refractivity contribution is 5.69. The summed E-state index contributed by atoms with van der Waals surface area (Å²) in [4.78, 5) is 27.3. The highest BCUT2D eigenvalue weighted by Crippen LogP contribution is 2.08. The Morgan fingerprint density at radius 2 is 1.20 bits per heavy atom. The number of amides is 2. The number of nitrogens with zero attached hydrogens (tertiary/aromatic N) is 2. The number of hydrogen-bond donors (Lipinski definition) is 0. The predicted molar refractivity (Wildman–Crippen MR) is 100 cm³/mol. The van der Waals surface area contributed by atoms with Crippen molar-refractivity contribution in [2.24, 2.45) is 0 Å². The van der Waals surface area contributed by atoms with Crippen LogP contribution in [-0.4, -0.2) is 52.8 Å². The Morgan fingerprint density at radius 1 is 0.760 bits per heavy atom. The lowest BCUT2D eigenvalue weighted by atomic mass is 10.2. The molecule has 0 fully saturated rings. The summed E-state index contributed by atoms with van der Waals surface area (Å²) in [5.41, 5.74) is 0. The molecule has 0 unspecified atom stereocenters. The fraction of sp³-hybridized carbons (Fsp3) is 0.684. The quantitative estimate of drug-likeness (QED) is 0.473. The zero-order valence-corrected chi connectivity index (χ0v) is 16.9. The fourth-order valence-electron chi connectivity index (χ4n) is 2.57. The van der Waals surface area contributed by atoms with Gasteiger partial charge in [0.15, 0.2) is 0 Å². The number of allylic oxidation sites excluding steroid dienone is 2. The third-order valence-electron chi connectivity index (χ3n) is 3.44. The average molecular weight is 354 g/mol. The van der Waals surface area contributed by atoms with Crippen molar-refractivity contribution in [3.63, 3.8) is 0 Å². The number of carbonyl (C=O) groups excluding carboxylic acids is 2. The van der Waals surface area contributed by atoms with Gasteiger partial charge in [0, 0.05) is 24.2 Å². The van der Waals surface area contributed by atoms with Gasteiger partial charge in [0.25, 0.3) is 0 Å². The normalized spacial score (nSPS) is 12.0. The van der Waals surface area contributed by atoms with Crippen LogP contribution in [0.5, 0.6) is 0 Å². The number of rotatable bonds is 8. The molecule has 0 spiro atoms. The second-order valence-electron chi connectivity index (χ2n) is 6.91. The van der Waals surface area contributed by atoms with Crippen molar-refractivity contribution in [1.29, 1.82) is 0 Å². The molecule has 25 heavy (non-hydrogen) atoms. The van der Waals surface area contributed by atoms with Gasteiger partial charge in [-0.15, -0.1) is 0 Å². The van der Waals surface area contributed by atoms with Gasteiger partial charge in [-0.1, -0.05) is 6.08 Å². The molecule has 0 bridgehead atoms. The Morgan fingerprint density at radius 3 is 1.64 bits per heavy atom. The predicted octanol–water partition coefficient (Wildman–Crippen LogP) is 4.57. The summed E-state index contributed by atoms with van der Waals surface area (Å²) in [6.45, 7) is 15.7. The van der Waals surface area contributed by atoms with E-state index in [0.29, 0.717) is 0 Å². The van der Waals surface area contributed by atoms with Crippen molar-refractivity contribution in [2.45, 2.75) is 79.6 Å². The summed E-state index contributed by atoms with van der Waals surface area (Å²) in [7, 11) is 0. The van der Waals surface area contributed by atoms with Gasteiger partial charge in [-0.05, 0) is 67.5 Å². The Kier molecular flexibility index (Phi) is 10.6. The molecule has 0 radical (unpaired) electrons. The van der Waals surface area contributed by atoms with Crippen molar-refractivity contribution in [3.8, 4) is 0 Å². The zero-order valence-electron chi connectivity index (χ0n) is 16.9. The van der Waals surface area contributed by atoms with Crippen LogP contribution < -0.4 is 0 Å². The van der Waals surface area contributed by atoms with Gasteiger partial charge in [0.2, 0.25) is 0 Å². The summed E-state index contributed by atoms with van der Waals surface area (Å²) in [6, 6.07) is 0.308. The van der Waals surface area contributed by atoms with Crippen LogP contribution in [0.1, 0.15) is 55.4 Å². The molecule has 0 aliphatic heterocycles. The minimum absolute atomic E-state index is 0.0701. The average Bonchev–Trinajstić information content (AvgIpc) is 2.44. The second-order valence-corrected chi connectivity index (χ2v) is 6.91. The lowest BCUT2D eigenvalue weighted by Gasteiger charge is -2.29. The van der Waals surface area contributed by atoms with E-state index in [2.05, 4.69) is 0 Å². The molecular weight excluding hydrogens is 320 g/mol. The summed E-state index contributed by atoms with van der Waals surface area (Å²) in [5.74, 6) is 0. The standard InChI is InChI=1S/C19H34N2O4/c1-14(2)20(15(3)4)18(22)24-12-10-9-11-13-25-19(23)21(16(5)6)17(7)8/h9-12,14-17H,13H2,1-8H3/b11-9-,12-10+. The first-order chi connectivity index (χ1) is 11.6. The van der Waals surface area contributed by atoms with Gasteiger partial charge in [-0.25, -0.2) is 9.59 Å². The van der Waals surface area contributed by atoms with E-state index in [9.17, 15) is 9.59 Å². The molecule has 0 rings (SSSR count). The Bertz CT molecular complexity index is 452. The van der Waals surface area contributed by atoms with E-state index >= 15 is 0 Å². The highest BCUT2D eigenvalue weighted by Gasteiger charge is 2.21. The first kappa shape index (κ1) is 23.0. The molecule has 0 saturated heterocycles. The first-order valence-corrected chi connectivity index (χ1v) is 8.85. The zero-order chi connectivity index (χ0) is 19.6. The van der Waals surface area contributed by atoms with Gasteiger partial charge in [-0.3, -0.25) is 0 Å². The van der Waals surface area contributed by atoms with Crippen molar-refractivity contribution in [3.05, 3.63) is 24.5 Å². The van der Waals surface area contributed by atoms with E-state index in [4.69, 9.17) is 9.47 Å². The van der Waals surface area contributed by atoms with E-state index < -0.39 is 0 Å². The lowest BCUT2D eigenvalue weighted by Crippen LogP contribution is -2.42. The van der Waals surface area contributed by atoms with E-state index in [1.807, 2.05) is 55.4 Å². The molecule has 6 heteroatoms. The Labute approximate surface area is 152 Å². The van der Waals surface area contributed by atoms with Crippen LogP contribution in [0.15, 0.2) is 24.5 Å². The lowest BCUT2D eigenvalue weighted by molar-refractivity contribution is 0.0875. The molecule has 0 N–H and O–H groups in total. The van der Waals surface area contributed by atoms with E-state index in [1.165, 1.54) is 6.26 Å². The summed E-state index contributed by atoms with van der Waals surface area (Å²) < 4.78 is 10.3. The minimum atomic E-state index is -0.384. The van der Waals surface area contributed by atoms with Crippen LogP contribution in [0.4, 0.5) is 9.59 Å². The SMILES string of the molecule is CC(C)N(C(=O)O/C=C/C=C\COC(=O)N(C(C)C)C(C)C)C(C)C. The van der Waals surface area contributed by atoms with E-state index in [0.717, 1.165) is 0 Å². The molecule has 2 amide bonds. The molecule has 0 aromatic heterocycles. The van der Waals surface area contributed by atoms with Gasteiger partial charge in [0.05, 0.1) is 6.26 Å². The minimum Gasteiger partial charge on any atom is -0.445 e. The summed E-state index contributed by atoms with van der Waals surface area (Å²) in [5, 5.41) is 0. The van der Waals surface area contributed by atoms with E-state index in [-0.39, 0.29) is 43.0 Å². The second kappa shape index (κ2) is 11.6. The number of ether oxygens (including phenoxy) is 2. The van der Waals surface area contributed by atoms with Crippen LogP contribution in [0.25, 0.3) is 0 Å². The van der Waals surface area contributed by atoms with Crippen LogP contribution >= 0.6 is 0 Å². The van der Waals surface area contributed by atoms with Crippen LogP contribution in [0.2, 0.25) is 0 Å². The summed E-state index contributed by atoms with van der Waals surface area (Å²) in [6.07, 6.45) is 5.55. The number of carbonyl (C=O) groups is 2. The molecule has 6 nitrogen and oxygen atoms in total. The van der Waals surface area contributed by atoms with E-state index in [1.54, 1.807) is 28.0 Å². The maximum atomic E-state index is 12.0. The molecule has 0 aliphatic carbocycles. The maximum absolute atomic E-state index is 12.0. The van der Waals surface area contributed by atoms with Crippen molar-refractivity contribution in [2.75, 3.05) is 6.61 Å². The van der Waals surface area contributed by atoms with Gasteiger partial charge >= 0.3 is 12.2 Å². The highest BCUT2D eigenvalue weighted by atomic mass is 16.6. The fourth-order valence-corrected chi connectivity index (χ4v) is 2.57. The maximum Gasteiger partial charge on any atom is 0.415 e. The van der Waals surface area contributed by atoms with Crippen LogP contribution in [0.3, 0.4) is 0 Å². The molecule has 0 atom stereocenters. The van der Waals surface area contributed by atoms with Crippen LogP contribution in [0, 0.1) is 0 Å². The third-order valence-corrected chi connectivity index (χ3v) is 3.44. The molecule has 0 aliphatic rings. The van der Waals surface area contributed by atoms with Crippen LogP contribution in [-0.2, 0) is 9.47 Å². The molecule has 0 heterocycles. The molecule has 144 valence electrons. The largest absolute Gasteiger partial charge is 0.445 e. The molecule has 0 aromatic rings. The molecule has 0 saturated carbocycles. The van der Waals surface area contributed by atoms with Crippen molar-refractivity contribution < 1.29 is 19.1 Å². The van der Waals surface area contributed by atoms with Crippen molar-refractivity contribution in [1.82, 2.24) is 9.80 Å². The monoisotopic (exact) mass is 354 g/mol. The smallest absolute Gasteiger partial charge is 0.415 e. The number of hydrogen-bond acceptors (Lipinski definition) is 4. The Balaban J connectivity index is 4.31. The summed E-state index contributed by atoms with van der Waals surface area (Å²) >= 11 is 0. The molecular formula is C19H34N2O4. The molecule has 0 aromatic carbocycles. The Hall–Kier alpha value is -1.98. The van der Waals surface area contributed by atoms with Crippen molar-refractivity contribution >= 4 is 12.2 Å². The topological polar surface area (TPSA) is 59.1 Å². The van der Waals surface area contributed by atoms with Gasteiger partial charge in [0.1, 0.15) is 6.61 Å². The third kappa shape index (κ3) is 8.61. The first-order valence-electron chi connectivity index (χ1n) is 8.85. The van der Waals surface area contributed by atoms with Gasteiger partial charge in [-0.2, -0.15) is 0 Å².